The largest absolute Gasteiger partial charge is 0.494 e. The van der Waals surface area contributed by atoms with E-state index in [9.17, 15) is 9.59 Å². The summed E-state index contributed by atoms with van der Waals surface area (Å²) in [6.07, 6.45) is 12.9. The highest BCUT2D eigenvalue weighted by atomic mass is 16.5. The van der Waals surface area contributed by atoms with E-state index in [-0.39, 0.29) is 18.0 Å². The van der Waals surface area contributed by atoms with Crippen molar-refractivity contribution in [3.05, 3.63) is 77.9 Å². The second-order valence-electron chi connectivity index (χ2n) is 10.2. The molecule has 0 aliphatic carbocycles. The number of hydrogen-bond acceptors (Lipinski definition) is 5. The van der Waals surface area contributed by atoms with Crippen LogP contribution < -0.4 is 14.2 Å². The fourth-order valence-electron chi connectivity index (χ4n) is 4.73. The highest BCUT2D eigenvalue weighted by Crippen LogP contribution is 2.28. The van der Waals surface area contributed by atoms with E-state index in [0.717, 1.165) is 29.9 Å². The molecule has 0 fully saturated rings. The monoisotopic (exact) mass is 544 g/mol. The Hall–Kier alpha value is -3.60. The van der Waals surface area contributed by atoms with Gasteiger partial charge in [-0.1, -0.05) is 101 Å². The number of carbonyl (C=O) groups is 2. The summed E-state index contributed by atoms with van der Waals surface area (Å²) in [4.78, 5) is 25.4. The SMILES string of the molecule is CCCCCCCCCCCCOc1ccc(-c2ccc(C(=O)CC(=O)c3ccc(OC)c(OC)c3)cc2)cc1. The van der Waals surface area contributed by atoms with Gasteiger partial charge in [-0.3, -0.25) is 9.59 Å². The minimum Gasteiger partial charge on any atom is -0.494 e. The van der Waals surface area contributed by atoms with Gasteiger partial charge in [0, 0.05) is 11.1 Å². The predicted molar refractivity (Wildman–Crippen MR) is 162 cm³/mol. The Morgan fingerprint density at radius 2 is 1.07 bits per heavy atom. The molecule has 0 heterocycles. The first-order chi connectivity index (χ1) is 19.5. The molecule has 3 rings (SSSR count). The Bertz CT molecular complexity index is 1180. The van der Waals surface area contributed by atoms with Crippen molar-refractivity contribution in [3.63, 3.8) is 0 Å². The average molecular weight is 545 g/mol. The predicted octanol–water partition coefficient (Wildman–Crippen LogP) is 9.13. The number of rotatable bonds is 19. The van der Waals surface area contributed by atoms with E-state index >= 15 is 0 Å². The van der Waals surface area contributed by atoms with Crippen molar-refractivity contribution in [2.45, 2.75) is 77.6 Å². The van der Waals surface area contributed by atoms with Gasteiger partial charge in [0.15, 0.2) is 23.1 Å². The molecule has 5 heteroatoms. The summed E-state index contributed by atoms with van der Waals surface area (Å²) in [5.41, 5.74) is 2.97. The third-order valence-corrected chi connectivity index (χ3v) is 7.19. The van der Waals surface area contributed by atoms with Gasteiger partial charge in [-0.15, -0.1) is 0 Å². The lowest BCUT2D eigenvalue weighted by molar-refractivity contribution is 0.0894. The number of Topliss-reactive ketones (excluding diaryl/α,β-unsaturated/α-hetero) is 2. The maximum absolute atomic E-state index is 12.8. The maximum atomic E-state index is 12.8. The average Bonchev–Trinajstić information content (AvgIpc) is 2.99. The number of ketones is 2. The van der Waals surface area contributed by atoms with Crippen molar-refractivity contribution in [2.24, 2.45) is 0 Å². The number of methoxy groups -OCH3 is 2. The summed E-state index contributed by atoms with van der Waals surface area (Å²) in [7, 11) is 3.05. The summed E-state index contributed by atoms with van der Waals surface area (Å²) in [5, 5.41) is 0. The van der Waals surface area contributed by atoms with Crippen LogP contribution in [-0.4, -0.2) is 32.4 Å². The Labute approximate surface area is 239 Å². The van der Waals surface area contributed by atoms with Crippen molar-refractivity contribution in [2.75, 3.05) is 20.8 Å². The summed E-state index contributed by atoms with van der Waals surface area (Å²) in [5.74, 6) is 1.39. The number of benzene rings is 3. The second-order valence-corrected chi connectivity index (χ2v) is 10.2. The number of hydrogen-bond donors (Lipinski definition) is 0. The van der Waals surface area contributed by atoms with E-state index in [4.69, 9.17) is 14.2 Å². The van der Waals surface area contributed by atoms with Gasteiger partial charge in [-0.25, -0.2) is 0 Å². The van der Waals surface area contributed by atoms with E-state index in [1.807, 2.05) is 36.4 Å². The first kappa shape index (κ1) is 30.9. The standard InChI is InChI=1S/C35H44O5/c1-4-5-6-7-8-9-10-11-12-13-24-40-31-21-18-28(19-22-31)27-14-16-29(17-15-27)32(36)26-33(37)30-20-23-34(38-2)35(25-30)39-3/h14-23,25H,4-13,24,26H2,1-3H3. The van der Waals surface area contributed by atoms with Crippen LogP contribution in [0.3, 0.4) is 0 Å². The summed E-state index contributed by atoms with van der Waals surface area (Å²) < 4.78 is 16.4. The van der Waals surface area contributed by atoms with Crippen LogP contribution >= 0.6 is 0 Å². The zero-order valence-corrected chi connectivity index (χ0v) is 24.4. The van der Waals surface area contributed by atoms with Crippen molar-refractivity contribution in [1.29, 1.82) is 0 Å². The molecule has 3 aromatic carbocycles. The Balaban J connectivity index is 1.41. The van der Waals surface area contributed by atoms with Crippen LogP contribution in [0, 0.1) is 0 Å². The van der Waals surface area contributed by atoms with E-state index in [1.165, 1.54) is 72.0 Å². The van der Waals surface area contributed by atoms with Crippen LogP contribution in [0.15, 0.2) is 66.7 Å². The number of ether oxygens (including phenoxy) is 3. The highest BCUT2D eigenvalue weighted by molar-refractivity contribution is 6.13. The molecule has 0 radical (unpaired) electrons. The fourth-order valence-corrected chi connectivity index (χ4v) is 4.73. The molecule has 0 aliphatic heterocycles. The quantitative estimate of drug-likeness (QED) is 0.0855. The van der Waals surface area contributed by atoms with Crippen molar-refractivity contribution in [1.82, 2.24) is 0 Å². The number of unbranched alkanes of at least 4 members (excludes halogenated alkanes) is 9. The van der Waals surface area contributed by atoms with Gasteiger partial charge in [-0.2, -0.15) is 0 Å². The third kappa shape index (κ3) is 9.86. The molecule has 5 nitrogen and oxygen atoms in total. The topological polar surface area (TPSA) is 61.8 Å². The van der Waals surface area contributed by atoms with Gasteiger partial charge in [-0.05, 0) is 47.9 Å². The van der Waals surface area contributed by atoms with Gasteiger partial charge < -0.3 is 14.2 Å². The zero-order chi connectivity index (χ0) is 28.6. The van der Waals surface area contributed by atoms with E-state index in [2.05, 4.69) is 6.92 Å². The molecule has 0 aliphatic rings. The molecule has 0 aromatic heterocycles. The zero-order valence-electron chi connectivity index (χ0n) is 24.4. The van der Waals surface area contributed by atoms with Gasteiger partial charge in [0.1, 0.15) is 5.75 Å². The number of carbonyl (C=O) groups excluding carboxylic acids is 2. The lowest BCUT2D eigenvalue weighted by Gasteiger charge is -2.09. The smallest absolute Gasteiger partial charge is 0.170 e. The summed E-state index contributed by atoms with van der Waals surface area (Å²) >= 11 is 0. The third-order valence-electron chi connectivity index (χ3n) is 7.19. The molecule has 0 atom stereocenters. The van der Waals surface area contributed by atoms with Gasteiger partial charge in [0.2, 0.25) is 0 Å². The van der Waals surface area contributed by atoms with Crippen LogP contribution in [0.2, 0.25) is 0 Å². The molecule has 40 heavy (non-hydrogen) atoms. The first-order valence-electron chi connectivity index (χ1n) is 14.7. The molecule has 3 aromatic rings. The Morgan fingerprint density at radius 1 is 0.575 bits per heavy atom. The van der Waals surface area contributed by atoms with E-state index < -0.39 is 0 Å². The van der Waals surface area contributed by atoms with Gasteiger partial charge in [0.25, 0.3) is 0 Å². The molecule has 214 valence electrons. The first-order valence-corrected chi connectivity index (χ1v) is 14.7. The molecule has 0 amide bonds. The van der Waals surface area contributed by atoms with Crippen LogP contribution in [0.5, 0.6) is 17.2 Å². The molecular formula is C35H44O5. The lowest BCUT2D eigenvalue weighted by Crippen LogP contribution is -2.09. The molecule has 0 N–H and O–H groups in total. The normalized spacial score (nSPS) is 10.8. The van der Waals surface area contributed by atoms with Crippen LogP contribution in [0.4, 0.5) is 0 Å². The molecule has 0 saturated heterocycles. The van der Waals surface area contributed by atoms with E-state index in [0.29, 0.717) is 22.6 Å². The van der Waals surface area contributed by atoms with Crippen LogP contribution in [0.1, 0.15) is 98.3 Å². The molecule has 0 bridgehead atoms. The highest BCUT2D eigenvalue weighted by Gasteiger charge is 2.16. The van der Waals surface area contributed by atoms with Crippen molar-refractivity contribution < 1.29 is 23.8 Å². The fraction of sp³-hybridized carbons (Fsp3) is 0.429. The second kappa shape index (κ2) is 17.2. The minimum absolute atomic E-state index is 0.208. The van der Waals surface area contributed by atoms with Crippen molar-refractivity contribution in [3.8, 4) is 28.4 Å². The molecule has 0 saturated carbocycles. The molecular weight excluding hydrogens is 500 g/mol. The summed E-state index contributed by atoms with van der Waals surface area (Å²) in [6, 6.07) is 20.3. The van der Waals surface area contributed by atoms with Crippen LogP contribution in [0.25, 0.3) is 11.1 Å². The van der Waals surface area contributed by atoms with E-state index in [1.54, 1.807) is 30.3 Å². The van der Waals surface area contributed by atoms with Gasteiger partial charge in [0.05, 0.1) is 27.2 Å². The minimum atomic E-state index is -0.261. The van der Waals surface area contributed by atoms with Gasteiger partial charge >= 0.3 is 0 Å². The Morgan fingerprint density at radius 3 is 1.65 bits per heavy atom. The maximum Gasteiger partial charge on any atom is 0.170 e. The van der Waals surface area contributed by atoms with Crippen LogP contribution in [-0.2, 0) is 0 Å². The molecule has 0 unspecified atom stereocenters. The lowest BCUT2D eigenvalue weighted by atomic mass is 9.98. The summed E-state index contributed by atoms with van der Waals surface area (Å²) in [6.45, 7) is 3.01. The Kier molecular flexibility index (Phi) is 13.3. The van der Waals surface area contributed by atoms with Crippen molar-refractivity contribution >= 4 is 11.6 Å². The molecule has 0 spiro atoms.